The summed E-state index contributed by atoms with van der Waals surface area (Å²) in [5, 5.41) is 14.3. The van der Waals surface area contributed by atoms with E-state index in [1.54, 1.807) is 18.4 Å². The van der Waals surface area contributed by atoms with Gasteiger partial charge in [-0.1, -0.05) is 31.2 Å². The number of benzene rings is 2. The Kier molecular flexibility index (Phi) is 4.96. The van der Waals surface area contributed by atoms with Gasteiger partial charge in [0.1, 0.15) is 0 Å². The van der Waals surface area contributed by atoms with Crippen molar-refractivity contribution in [1.82, 2.24) is 0 Å². The van der Waals surface area contributed by atoms with Gasteiger partial charge in [-0.15, -0.1) is 0 Å². The van der Waals surface area contributed by atoms with Crippen LogP contribution in [0, 0.1) is 0 Å². The van der Waals surface area contributed by atoms with Crippen molar-refractivity contribution >= 4 is 33.2 Å². The lowest BCUT2D eigenvalue weighted by molar-refractivity contribution is 0.0699. The van der Waals surface area contributed by atoms with Gasteiger partial charge in [0.05, 0.1) is 5.56 Å². The average molecular weight is 305 g/mol. The topological polar surface area (TPSA) is 66.4 Å². The highest BCUT2D eigenvalue weighted by molar-refractivity contribution is 7.84. The minimum atomic E-state index is -0.923. The van der Waals surface area contributed by atoms with Gasteiger partial charge >= 0.3 is 5.97 Å². The summed E-state index contributed by atoms with van der Waals surface area (Å²) in [4.78, 5) is 11.3. The summed E-state index contributed by atoms with van der Waals surface area (Å²) in [6, 6.07) is 10.9. The SMILES string of the molecule is CC(CCNc1ccc(C(=O)O)c2ccccc12)S(C)=O. The second-order valence-electron chi connectivity index (χ2n) is 5.04. The second-order valence-corrected chi connectivity index (χ2v) is 6.84. The molecular weight excluding hydrogens is 286 g/mol. The van der Waals surface area contributed by atoms with E-state index in [1.165, 1.54) is 0 Å². The molecule has 2 aromatic carbocycles. The summed E-state index contributed by atoms with van der Waals surface area (Å²) < 4.78 is 11.3. The van der Waals surface area contributed by atoms with E-state index >= 15 is 0 Å². The van der Waals surface area contributed by atoms with E-state index in [-0.39, 0.29) is 5.25 Å². The molecule has 0 amide bonds. The number of carboxylic acids is 1. The second kappa shape index (κ2) is 6.72. The lowest BCUT2D eigenvalue weighted by Crippen LogP contribution is -2.15. The maximum atomic E-state index is 11.3. The average Bonchev–Trinajstić information content (AvgIpc) is 2.46. The zero-order valence-electron chi connectivity index (χ0n) is 12.1. The molecule has 2 rings (SSSR count). The van der Waals surface area contributed by atoms with Crippen LogP contribution in [0.1, 0.15) is 23.7 Å². The summed E-state index contributed by atoms with van der Waals surface area (Å²) >= 11 is 0. The first-order chi connectivity index (χ1) is 10.0. The Morgan fingerprint density at radius 2 is 1.90 bits per heavy atom. The third-order valence-electron chi connectivity index (χ3n) is 3.59. The molecule has 5 heteroatoms. The van der Waals surface area contributed by atoms with Crippen LogP contribution in [0.3, 0.4) is 0 Å². The minimum Gasteiger partial charge on any atom is -0.478 e. The Labute approximate surface area is 126 Å². The highest BCUT2D eigenvalue weighted by atomic mass is 32.2. The van der Waals surface area contributed by atoms with Gasteiger partial charge < -0.3 is 10.4 Å². The molecular formula is C16H19NO3S. The highest BCUT2D eigenvalue weighted by Crippen LogP contribution is 2.26. The van der Waals surface area contributed by atoms with E-state index in [0.717, 1.165) is 22.9 Å². The summed E-state index contributed by atoms with van der Waals surface area (Å²) in [6.07, 6.45) is 2.51. The molecule has 2 aromatic rings. The van der Waals surface area contributed by atoms with Crippen LogP contribution in [-0.2, 0) is 10.8 Å². The molecule has 0 radical (unpaired) electrons. The number of anilines is 1. The molecule has 0 saturated heterocycles. The van der Waals surface area contributed by atoms with Gasteiger partial charge in [0.2, 0.25) is 0 Å². The Bertz CT molecular complexity index is 684. The molecule has 0 fully saturated rings. The number of rotatable bonds is 6. The molecule has 112 valence electrons. The molecule has 0 aliphatic carbocycles. The van der Waals surface area contributed by atoms with Crippen LogP contribution in [0.15, 0.2) is 36.4 Å². The van der Waals surface area contributed by atoms with Crippen molar-refractivity contribution in [2.75, 3.05) is 18.1 Å². The zero-order chi connectivity index (χ0) is 15.4. The van der Waals surface area contributed by atoms with Crippen molar-refractivity contribution in [1.29, 1.82) is 0 Å². The molecule has 0 aromatic heterocycles. The molecule has 0 aliphatic rings. The Balaban J connectivity index is 2.23. The maximum Gasteiger partial charge on any atom is 0.336 e. The van der Waals surface area contributed by atoms with Crippen LogP contribution < -0.4 is 5.32 Å². The molecule has 21 heavy (non-hydrogen) atoms. The summed E-state index contributed by atoms with van der Waals surface area (Å²) in [5.41, 5.74) is 1.21. The van der Waals surface area contributed by atoms with Crippen molar-refractivity contribution in [3.05, 3.63) is 42.0 Å². The van der Waals surface area contributed by atoms with Crippen LogP contribution in [0.4, 0.5) is 5.69 Å². The standard InChI is InChI=1S/C16H19NO3S/c1-11(21(2)20)9-10-17-15-8-7-14(16(18)19)12-5-3-4-6-13(12)15/h3-8,11,17H,9-10H2,1-2H3,(H,18,19). The summed E-state index contributed by atoms with van der Waals surface area (Å²) in [5.74, 6) is -0.923. The van der Waals surface area contributed by atoms with E-state index in [9.17, 15) is 14.1 Å². The summed E-state index contributed by atoms with van der Waals surface area (Å²) in [6.45, 7) is 2.67. The molecule has 2 atom stereocenters. The molecule has 4 nitrogen and oxygen atoms in total. The van der Waals surface area contributed by atoms with Gasteiger partial charge in [-0.05, 0) is 23.9 Å². The first-order valence-corrected chi connectivity index (χ1v) is 8.44. The van der Waals surface area contributed by atoms with Gasteiger partial charge in [-0.3, -0.25) is 4.21 Å². The third kappa shape index (κ3) is 3.61. The van der Waals surface area contributed by atoms with E-state index in [1.807, 2.05) is 31.2 Å². The van der Waals surface area contributed by atoms with Crippen LogP contribution >= 0.6 is 0 Å². The number of nitrogens with one attached hydrogen (secondary N) is 1. The number of carbonyl (C=O) groups is 1. The van der Waals surface area contributed by atoms with Gasteiger partial charge in [-0.25, -0.2) is 4.79 Å². The van der Waals surface area contributed by atoms with E-state index in [4.69, 9.17) is 0 Å². The fourth-order valence-corrected chi connectivity index (χ4v) is 2.67. The number of aromatic carboxylic acids is 1. The van der Waals surface area contributed by atoms with Gasteiger partial charge in [0, 0.05) is 39.9 Å². The fourth-order valence-electron chi connectivity index (χ4n) is 2.22. The minimum absolute atomic E-state index is 0.141. The predicted octanol–water partition coefficient (Wildman–Crippen LogP) is 3.11. The molecule has 0 saturated carbocycles. The van der Waals surface area contributed by atoms with E-state index < -0.39 is 16.8 Å². The van der Waals surface area contributed by atoms with Crippen molar-refractivity contribution in [2.45, 2.75) is 18.6 Å². The normalized spacial score (nSPS) is 13.8. The van der Waals surface area contributed by atoms with Gasteiger partial charge in [0.15, 0.2) is 0 Å². The maximum absolute atomic E-state index is 11.3. The van der Waals surface area contributed by atoms with Crippen LogP contribution in [0.2, 0.25) is 0 Å². The van der Waals surface area contributed by atoms with E-state index in [0.29, 0.717) is 12.1 Å². The zero-order valence-corrected chi connectivity index (χ0v) is 12.9. The van der Waals surface area contributed by atoms with Crippen LogP contribution in [0.25, 0.3) is 10.8 Å². The largest absolute Gasteiger partial charge is 0.478 e. The number of fused-ring (bicyclic) bond motifs is 1. The number of carboxylic acid groups (broad SMARTS) is 1. The summed E-state index contributed by atoms with van der Waals surface area (Å²) in [7, 11) is -0.823. The molecule has 0 bridgehead atoms. The lowest BCUT2D eigenvalue weighted by Gasteiger charge is -2.13. The monoisotopic (exact) mass is 305 g/mol. The van der Waals surface area contributed by atoms with Crippen molar-refractivity contribution < 1.29 is 14.1 Å². The van der Waals surface area contributed by atoms with E-state index in [2.05, 4.69) is 5.32 Å². The fraction of sp³-hybridized carbons (Fsp3) is 0.312. The molecule has 2 unspecified atom stereocenters. The highest BCUT2D eigenvalue weighted by Gasteiger charge is 2.11. The first kappa shape index (κ1) is 15.5. The molecule has 0 aliphatic heterocycles. The van der Waals surface area contributed by atoms with Gasteiger partial charge in [-0.2, -0.15) is 0 Å². The number of hydrogen-bond acceptors (Lipinski definition) is 3. The van der Waals surface area contributed by atoms with Crippen LogP contribution in [0.5, 0.6) is 0 Å². The molecule has 0 heterocycles. The van der Waals surface area contributed by atoms with Crippen LogP contribution in [-0.4, -0.2) is 33.3 Å². The van der Waals surface area contributed by atoms with Crippen molar-refractivity contribution in [2.24, 2.45) is 0 Å². The Morgan fingerprint density at radius 1 is 1.24 bits per heavy atom. The number of hydrogen-bond donors (Lipinski definition) is 2. The predicted molar refractivity (Wildman–Crippen MR) is 87.5 cm³/mol. The first-order valence-electron chi connectivity index (χ1n) is 6.82. The lowest BCUT2D eigenvalue weighted by atomic mass is 10.0. The quantitative estimate of drug-likeness (QED) is 0.860. The van der Waals surface area contributed by atoms with Gasteiger partial charge in [0.25, 0.3) is 0 Å². The third-order valence-corrected chi connectivity index (χ3v) is 4.96. The molecule has 0 spiro atoms. The molecule has 2 N–H and O–H groups in total. The smallest absolute Gasteiger partial charge is 0.336 e. The Hall–Kier alpha value is -1.88. The van der Waals surface area contributed by atoms with Crippen molar-refractivity contribution in [3.63, 3.8) is 0 Å². The Morgan fingerprint density at radius 3 is 2.52 bits per heavy atom. The van der Waals surface area contributed by atoms with Crippen molar-refractivity contribution in [3.8, 4) is 0 Å².